The molecule has 0 bridgehead atoms. The van der Waals surface area contributed by atoms with Gasteiger partial charge in [-0.3, -0.25) is 14.9 Å². The third-order valence-corrected chi connectivity index (χ3v) is 2.30. The topological polar surface area (TPSA) is 98.3 Å². The lowest BCUT2D eigenvalue weighted by molar-refractivity contribution is -0.385. The van der Waals surface area contributed by atoms with Crippen molar-refractivity contribution < 1.29 is 9.72 Å². The highest BCUT2D eigenvalue weighted by Crippen LogP contribution is 2.22. The molecular formula is C10H12ClN3O3. The van der Waals surface area contributed by atoms with E-state index in [0.717, 1.165) is 0 Å². The molecule has 0 unspecified atom stereocenters. The van der Waals surface area contributed by atoms with Gasteiger partial charge in [0.1, 0.15) is 5.56 Å². The first-order valence-electron chi connectivity index (χ1n) is 4.98. The van der Waals surface area contributed by atoms with E-state index in [1.807, 2.05) is 0 Å². The maximum absolute atomic E-state index is 11.7. The molecule has 17 heavy (non-hydrogen) atoms. The average Bonchev–Trinajstić information content (AvgIpc) is 2.28. The fourth-order valence-electron chi connectivity index (χ4n) is 1.25. The van der Waals surface area contributed by atoms with Gasteiger partial charge in [-0.1, -0.05) is 11.6 Å². The van der Waals surface area contributed by atoms with Crippen molar-refractivity contribution in [1.82, 2.24) is 5.32 Å². The second-order valence-corrected chi connectivity index (χ2v) is 3.75. The third-order valence-electron chi connectivity index (χ3n) is 2.07. The molecule has 92 valence electrons. The van der Waals surface area contributed by atoms with Gasteiger partial charge in [0.05, 0.1) is 4.92 Å². The Bertz CT molecular complexity index is 437. The summed E-state index contributed by atoms with van der Waals surface area (Å²) in [7, 11) is 0. The summed E-state index contributed by atoms with van der Waals surface area (Å²) in [5, 5.41) is 13.5. The zero-order valence-electron chi connectivity index (χ0n) is 8.98. The first-order chi connectivity index (χ1) is 8.06. The molecule has 3 N–H and O–H groups in total. The number of hydrogen-bond acceptors (Lipinski definition) is 4. The van der Waals surface area contributed by atoms with Crippen LogP contribution in [0.4, 0.5) is 5.69 Å². The molecule has 1 amide bonds. The maximum atomic E-state index is 11.7. The number of hydrogen-bond donors (Lipinski definition) is 2. The van der Waals surface area contributed by atoms with Crippen LogP contribution in [0.3, 0.4) is 0 Å². The Morgan fingerprint density at radius 1 is 1.53 bits per heavy atom. The van der Waals surface area contributed by atoms with Crippen LogP contribution in [-0.2, 0) is 0 Å². The normalized spacial score (nSPS) is 10.0. The monoisotopic (exact) mass is 257 g/mol. The van der Waals surface area contributed by atoms with E-state index in [-0.39, 0.29) is 16.3 Å². The van der Waals surface area contributed by atoms with Crippen molar-refractivity contribution in [2.45, 2.75) is 6.42 Å². The van der Waals surface area contributed by atoms with Gasteiger partial charge in [0.2, 0.25) is 0 Å². The lowest BCUT2D eigenvalue weighted by atomic mass is 10.1. The fourth-order valence-corrected chi connectivity index (χ4v) is 1.42. The van der Waals surface area contributed by atoms with Crippen molar-refractivity contribution in [3.05, 3.63) is 38.9 Å². The number of nitro groups is 1. The Morgan fingerprint density at radius 3 is 2.82 bits per heavy atom. The van der Waals surface area contributed by atoms with Gasteiger partial charge in [-0.05, 0) is 25.1 Å². The van der Waals surface area contributed by atoms with E-state index >= 15 is 0 Å². The van der Waals surface area contributed by atoms with Crippen LogP contribution < -0.4 is 11.1 Å². The van der Waals surface area contributed by atoms with Crippen molar-refractivity contribution in [2.24, 2.45) is 5.73 Å². The Balaban J connectivity index is 2.90. The van der Waals surface area contributed by atoms with Crippen molar-refractivity contribution in [2.75, 3.05) is 13.1 Å². The molecule has 0 fully saturated rings. The molecule has 0 aliphatic carbocycles. The number of nitrogens with one attached hydrogen (secondary N) is 1. The summed E-state index contributed by atoms with van der Waals surface area (Å²) >= 11 is 5.70. The van der Waals surface area contributed by atoms with Crippen LogP contribution in [0, 0.1) is 10.1 Å². The van der Waals surface area contributed by atoms with Crippen molar-refractivity contribution in [3.63, 3.8) is 0 Å². The summed E-state index contributed by atoms with van der Waals surface area (Å²) in [6.07, 6.45) is 0.611. The summed E-state index contributed by atoms with van der Waals surface area (Å²) in [5.41, 5.74) is 4.97. The van der Waals surface area contributed by atoms with Crippen LogP contribution >= 0.6 is 11.6 Å². The second-order valence-electron chi connectivity index (χ2n) is 3.32. The van der Waals surface area contributed by atoms with Gasteiger partial charge in [0, 0.05) is 17.6 Å². The quantitative estimate of drug-likeness (QED) is 0.472. The van der Waals surface area contributed by atoms with Gasteiger partial charge < -0.3 is 11.1 Å². The lowest BCUT2D eigenvalue weighted by Gasteiger charge is -2.05. The molecule has 0 radical (unpaired) electrons. The molecule has 0 heterocycles. The highest BCUT2D eigenvalue weighted by atomic mass is 35.5. The number of nitro benzene ring substituents is 1. The first kappa shape index (κ1) is 13.4. The largest absolute Gasteiger partial charge is 0.352 e. The van der Waals surface area contributed by atoms with Crippen LogP contribution in [0.1, 0.15) is 16.8 Å². The van der Waals surface area contributed by atoms with Gasteiger partial charge in [-0.2, -0.15) is 0 Å². The van der Waals surface area contributed by atoms with Gasteiger partial charge >= 0.3 is 0 Å². The molecule has 0 spiro atoms. The van der Waals surface area contributed by atoms with Crippen LogP contribution in [0.5, 0.6) is 0 Å². The SMILES string of the molecule is NCCCNC(=O)c1cc(Cl)ccc1[N+](=O)[O-]. The van der Waals surface area contributed by atoms with E-state index in [1.165, 1.54) is 18.2 Å². The number of nitrogens with zero attached hydrogens (tertiary/aromatic N) is 1. The predicted octanol–water partition coefficient (Wildman–Crippen LogP) is 1.33. The molecule has 6 nitrogen and oxygen atoms in total. The van der Waals surface area contributed by atoms with Crippen LogP contribution in [0.2, 0.25) is 5.02 Å². The standard InChI is InChI=1S/C10H12ClN3O3/c11-7-2-3-9(14(16)17)8(6-7)10(15)13-5-1-4-12/h2-3,6H,1,4-5,12H2,(H,13,15). The first-order valence-corrected chi connectivity index (χ1v) is 5.36. The summed E-state index contributed by atoms with van der Waals surface area (Å²) in [4.78, 5) is 21.8. The minimum Gasteiger partial charge on any atom is -0.352 e. The number of benzene rings is 1. The second kappa shape index (κ2) is 6.17. The Hall–Kier alpha value is -1.66. The molecule has 1 aromatic rings. The molecule has 0 aliphatic heterocycles. The summed E-state index contributed by atoms with van der Waals surface area (Å²) < 4.78 is 0. The summed E-state index contributed by atoms with van der Waals surface area (Å²) in [5.74, 6) is -0.521. The maximum Gasteiger partial charge on any atom is 0.282 e. The van der Waals surface area contributed by atoms with Gasteiger partial charge in [-0.25, -0.2) is 0 Å². The zero-order chi connectivity index (χ0) is 12.8. The molecule has 0 aliphatic rings. The van der Waals surface area contributed by atoms with Crippen molar-refractivity contribution in [1.29, 1.82) is 0 Å². The molecule has 1 rings (SSSR count). The number of halogens is 1. The van der Waals surface area contributed by atoms with E-state index < -0.39 is 10.8 Å². The fraction of sp³-hybridized carbons (Fsp3) is 0.300. The van der Waals surface area contributed by atoms with Crippen molar-refractivity contribution in [3.8, 4) is 0 Å². The van der Waals surface area contributed by atoms with Crippen LogP contribution in [-0.4, -0.2) is 23.9 Å². The zero-order valence-corrected chi connectivity index (χ0v) is 9.74. The molecule has 7 heteroatoms. The number of nitrogens with two attached hydrogens (primary N) is 1. The van der Waals surface area contributed by atoms with Gasteiger partial charge in [0.15, 0.2) is 0 Å². The number of carbonyl (C=O) groups is 1. The van der Waals surface area contributed by atoms with Gasteiger partial charge in [0.25, 0.3) is 11.6 Å². The Labute approximate surface area is 103 Å². The van der Waals surface area contributed by atoms with Crippen molar-refractivity contribution >= 4 is 23.2 Å². The van der Waals surface area contributed by atoms with Gasteiger partial charge in [-0.15, -0.1) is 0 Å². The average molecular weight is 258 g/mol. The number of amides is 1. The molecular weight excluding hydrogens is 246 g/mol. The molecule has 0 aromatic heterocycles. The lowest BCUT2D eigenvalue weighted by Crippen LogP contribution is -2.26. The van der Waals surface area contributed by atoms with E-state index in [0.29, 0.717) is 19.5 Å². The minimum absolute atomic E-state index is 0.0421. The predicted molar refractivity (Wildman–Crippen MR) is 64.1 cm³/mol. The molecule has 0 atom stereocenters. The summed E-state index contributed by atoms with van der Waals surface area (Å²) in [6, 6.07) is 3.86. The third kappa shape index (κ3) is 3.69. The summed E-state index contributed by atoms with van der Waals surface area (Å²) in [6.45, 7) is 0.816. The van der Waals surface area contributed by atoms with Crippen LogP contribution in [0.25, 0.3) is 0 Å². The molecule has 0 saturated carbocycles. The Kier molecular flexibility index (Phi) is 4.86. The highest BCUT2D eigenvalue weighted by molar-refractivity contribution is 6.31. The van der Waals surface area contributed by atoms with Crippen LogP contribution in [0.15, 0.2) is 18.2 Å². The minimum atomic E-state index is -0.617. The molecule has 1 aromatic carbocycles. The Morgan fingerprint density at radius 2 is 2.24 bits per heavy atom. The number of carbonyl (C=O) groups excluding carboxylic acids is 1. The van der Waals surface area contributed by atoms with E-state index in [1.54, 1.807) is 0 Å². The van der Waals surface area contributed by atoms with E-state index in [9.17, 15) is 14.9 Å². The number of rotatable bonds is 5. The van der Waals surface area contributed by atoms with E-state index in [2.05, 4.69) is 5.32 Å². The molecule has 0 saturated heterocycles. The van der Waals surface area contributed by atoms with E-state index in [4.69, 9.17) is 17.3 Å². The highest BCUT2D eigenvalue weighted by Gasteiger charge is 2.19. The smallest absolute Gasteiger partial charge is 0.282 e.